The molecule has 2 saturated heterocycles. The molecule has 2 atom stereocenters. The summed E-state index contributed by atoms with van der Waals surface area (Å²) in [6.07, 6.45) is -0.231. The van der Waals surface area contributed by atoms with Gasteiger partial charge in [-0.1, -0.05) is 12.1 Å². The number of hydrogen-bond acceptors (Lipinski definition) is 9. The van der Waals surface area contributed by atoms with E-state index in [9.17, 15) is 9.59 Å². The summed E-state index contributed by atoms with van der Waals surface area (Å²) in [6.45, 7) is 9.13. The number of carbonyl (C=O) groups excluding carboxylic acids is 1. The molecule has 0 radical (unpaired) electrons. The van der Waals surface area contributed by atoms with Crippen molar-refractivity contribution >= 4 is 11.9 Å². The molecule has 0 aliphatic carbocycles. The van der Waals surface area contributed by atoms with Crippen LogP contribution in [0, 0.1) is 0 Å². The van der Waals surface area contributed by atoms with Crippen molar-refractivity contribution < 1.29 is 47.9 Å². The van der Waals surface area contributed by atoms with Crippen LogP contribution in [0.2, 0.25) is 0 Å². The van der Waals surface area contributed by atoms with Gasteiger partial charge >= 0.3 is 11.9 Å². The average molecular weight is 519 g/mol. The van der Waals surface area contributed by atoms with Crippen LogP contribution in [0.15, 0.2) is 48.5 Å². The molecule has 0 spiro atoms. The lowest BCUT2D eigenvalue weighted by atomic mass is 10.2. The summed E-state index contributed by atoms with van der Waals surface area (Å²) >= 11 is 0. The number of carboxylic acids is 1. The van der Waals surface area contributed by atoms with Crippen LogP contribution in [-0.2, 0) is 23.7 Å². The smallest absolute Gasteiger partial charge is 0.337 e. The van der Waals surface area contributed by atoms with Crippen molar-refractivity contribution in [2.24, 2.45) is 0 Å². The van der Waals surface area contributed by atoms with Gasteiger partial charge in [0, 0.05) is 0 Å². The summed E-state index contributed by atoms with van der Waals surface area (Å²) in [5, 5.41) is 8.86. The van der Waals surface area contributed by atoms with E-state index >= 15 is 0 Å². The van der Waals surface area contributed by atoms with Crippen molar-refractivity contribution in [1.82, 2.24) is 0 Å². The lowest BCUT2D eigenvalue weighted by Crippen LogP contribution is -2.25. The van der Waals surface area contributed by atoms with Crippen LogP contribution < -0.4 is 9.47 Å². The molecule has 0 saturated carbocycles. The molecule has 2 aliphatic rings. The van der Waals surface area contributed by atoms with Crippen molar-refractivity contribution in [3.8, 4) is 11.5 Å². The summed E-state index contributed by atoms with van der Waals surface area (Å²) < 4.78 is 37.8. The van der Waals surface area contributed by atoms with Gasteiger partial charge in [0.2, 0.25) is 0 Å². The van der Waals surface area contributed by atoms with Crippen LogP contribution in [0.5, 0.6) is 11.5 Å². The van der Waals surface area contributed by atoms with E-state index in [1.165, 1.54) is 19.2 Å². The Bertz CT molecular complexity index is 1060. The number of rotatable bonds is 8. The van der Waals surface area contributed by atoms with Crippen LogP contribution in [0.25, 0.3) is 0 Å². The number of hydrogen-bond donors (Lipinski definition) is 1. The Kier molecular flexibility index (Phi) is 9.50. The second-order valence-electron chi connectivity index (χ2n) is 9.38. The van der Waals surface area contributed by atoms with E-state index in [1.54, 1.807) is 36.4 Å². The molecular weight excluding hydrogens is 484 g/mol. The van der Waals surface area contributed by atoms with E-state index in [4.69, 9.17) is 33.5 Å². The summed E-state index contributed by atoms with van der Waals surface area (Å²) in [5.74, 6) is -1.35. The third-order valence-corrected chi connectivity index (χ3v) is 5.34. The van der Waals surface area contributed by atoms with E-state index in [2.05, 4.69) is 4.74 Å². The molecule has 202 valence electrons. The maximum Gasteiger partial charge on any atom is 0.337 e. The topological polar surface area (TPSA) is 119 Å². The van der Waals surface area contributed by atoms with E-state index in [0.717, 1.165) is 0 Å². The number of carbonyl (C=O) groups is 2. The van der Waals surface area contributed by atoms with Crippen molar-refractivity contribution in [2.45, 2.75) is 51.5 Å². The summed E-state index contributed by atoms with van der Waals surface area (Å²) in [6, 6.07) is 13.2. The first kappa shape index (κ1) is 28.4. The standard InChI is InChI=1S/C14H18O5.C13H16O5/c1-14(2)18-9-12(19-14)8-17-11-6-4-5-10(7-11)13(15)16-3;1-13(2)17-8-11(18-13)7-16-10-5-3-4-9(6-10)12(14)15/h4-7,12H,8-9H2,1-3H3;3-6,11H,7-8H2,1-2H3,(H,14,15)/t12-;11-/m00/s1. The monoisotopic (exact) mass is 518 g/mol. The zero-order chi connectivity index (χ0) is 27.1. The first-order valence-corrected chi connectivity index (χ1v) is 11.9. The minimum atomic E-state index is -0.970. The lowest BCUT2D eigenvalue weighted by Gasteiger charge is -2.17. The molecule has 10 heteroatoms. The lowest BCUT2D eigenvalue weighted by molar-refractivity contribution is -0.141. The number of methoxy groups -OCH3 is 1. The largest absolute Gasteiger partial charge is 0.491 e. The quantitative estimate of drug-likeness (QED) is 0.515. The minimum absolute atomic E-state index is 0.100. The van der Waals surface area contributed by atoms with Gasteiger partial charge in [-0.3, -0.25) is 0 Å². The van der Waals surface area contributed by atoms with Crippen LogP contribution in [0.3, 0.4) is 0 Å². The maximum atomic E-state index is 11.4. The van der Waals surface area contributed by atoms with E-state index in [-0.39, 0.29) is 23.7 Å². The minimum Gasteiger partial charge on any atom is -0.491 e. The normalized spacial score (nSPS) is 21.4. The number of aromatic carboxylic acids is 1. The molecule has 1 N–H and O–H groups in total. The highest BCUT2D eigenvalue weighted by molar-refractivity contribution is 5.89. The van der Waals surface area contributed by atoms with Crippen molar-refractivity contribution in [2.75, 3.05) is 33.5 Å². The van der Waals surface area contributed by atoms with Gasteiger partial charge in [0.1, 0.15) is 36.9 Å². The molecule has 0 aromatic heterocycles. The van der Waals surface area contributed by atoms with Gasteiger partial charge in [-0.15, -0.1) is 0 Å². The molecule has 2 aliphatic heterocycles. The van der Waals surface area contributed by atoms with Gasteiger partial charge < -0.3 is 38.3 Å². The third kappa shape index (κ3) is 9.01. The predicted octanol–water partition coefficient (Wildman–Crippen LogP) is 3.92. The highest BCUT2D eigenvalue weighted by Crippen LogP contribution is 2.24. The van der Waals surface area contributed by atoms with Gasteiger partial charge in [-0.05, 0) is 64.1 Å². The molecule has 2 heterocycles. The zero-order valence-electron chi connectivity index (χ0n) is 21.7. The zero-order valence-corrected chi connectivity index (χ0v) is 21.7. The van der Waals surface area contributed by atoms with E-state index < -0.39 is 17.5 Å². The van der Waals surface area contributed by atoms with Gasteiger partial charge in [-0.25, -0.2) is 9.59 Å². The fourth-order valence-corrected chi connectivity index (χ4v) is 3.62. The van der Waals surface area contributed by atoms with E-state index in [0.29, 0.717) is 43.5 Å². The maximum absolute atomic E-state index is 11.4. The Morgan fingerprint density at radius 1 is 0.838 bits per heavy atom. The Balaban J connectivity index is 0.000000206. The second-order valence-corrected chi connectivity index (χ2v) is 9.38. The van der Waals surface area contributed by atoms with Crippen molar-refractivity contribution in [3.05, 3.63) is 59.7 Å². The van der Waals surface area contributed by atoms with E-state index in [1.807, 2.05) is 27.7 Å². The number of ether oxygens (including phenoxy) is 7. The van der Waals surface area contributed by atoms with Crippen LogP contribution in [-0.4, -0.2) is 74.4 Å². The summed E-state index contributed by atoms with van der Waals surface area (Å²) in [5.41, 5.74) is 0.667. The Labute approximate surface area is 216 Å². The highest BCUT2D eigenvalue weighted by atomic mass is 16.8. The molecular formula is C27H34O10. The molecule has 0 amide bonds. The molecule has 0 unspecified atom stereocenters. The summed E-state index contributed by atoms with van der Waals surface area (Å²) in [7, 11) is 1.35. The first-order chi connectivity index (χ1) is 17.5. The van der Waals surface area contributed by atoms with Crippen LogP contribution in [0.4, 0.5) is 0 Å². The fourth-order valence-electron chi connectivity index (χ4n) is 3.62. The number of carboxylic acid groups (broad SMARTS) is 1. The van der Waals surface area contributed by atoms with Crippen LogP contribution >= 0.6 is 0 Å². The molecule has 2 aromatic carbocycles. The molecule has 2 aromatic rings. The Hall–Kier alpha value is -3.18. The first-order valence-electron chi connectivity index (χ1n) is 11.9. The molecule has 0 bridgehead atoms. The molecule has 4 rings (SSSR count). The van der Waals surface area contributed by atoms with Crippen molar-refractivity contribution in [1.29, 1.82) is 0 Å². The second kappa shape index (κ2) is 12.4. The van der Waals surface area contributed by atoms with Gasteiger partial charge in [0.15, 0.2) is 11.6 Å². The molecule has 37 heavy (non-hydrogen) atoms. The Morgan fingerprint density at radius 2 is 1.30 bits per heavy atom. The third-order valence-electron chi connectivity index (χ3n) is 5.34. The average Bonchev–Trinajstić information content (AvgIpc) is 3.41. The number of benzene rings is 2. The predicted molar refractivity (Wildman–Crippen MR) is 132 cm³/mol. The number of esters is 1. The summed E-state index contributed by atoms with van der Waals surface area (Å²) in [4.78, 5) is 22.2. The fraction of sp³-hybridized carbons (Fsp3) is 0.481. The SMILES string of the molecule is CC1(C)OC[C@H](COc2cccc(C(=O)O)c2)O1.COC(=O)c1cccc(OC[C@H]2COC(C)(C)O2)c1. The van der Waals surface area contributed by atoms with Gasteiger partial charge in [-0.2, -0.15) is 0 Å². The van der Waals surface area contributed by atoms with Crippen molar-refractivity contribution in [3.63, 3.8) is 0 Å². The molecule has 10 nitrogen and oxygen atoms in total. The van der Waals surface area contributed by atoms with Gasteiger partial charge in [0.05, 0.1) is 31.5 Å². The Morgan fingerprint density at radius 3 is 1.70 bits per heavy atom. The van der Waals surface area contributed by atoms with Gasteiger partial charge in [0.25, 0.3) is 0 Å². The van der Waals surface area contributed by atoms with Crippen LogP contribution in [0.1, 0.15) is 48.4 Å². The molecule has 2 fully saturated rings. The highest BCUT2D eigenvalue weighted by Gasteiger charge is 2.33.